The maximum atomic E-state index is 4.80. The minimum absolute atomic E-state index is 0.738. The van der Waals surface area contributed by atoms with E-state index < -0.39 is 0 Å². The van der Waals surface area contributed by atoms with Gasteiger partial charge in [-0.15, -0.1) is 0 Å². The van der Waals surface area contributed by atoms with Gasteiger partial charge in [-0.25, -0.2) is 4.98 Å². The van der Waals surface area contributed by atoms with E-state index >= 15 is 0 Å². The normalized spacial score (nSPS) is 11.0. The summed E-state index contributed by atoms with van der Waals surface area (Å²) in [6.07, 6.45) is 0.835. The summed E-state index contributed by atoms with van der Waals surface area (Å²) in [5.74, 6) is 1.08. The first-order chi connectivity index (χ1) is 10.1. The molecular weight excluding hydrogens is 324 g/mol. The largest absolute Gasteiger partial charge is 0.323 e. The minimum Gasteiger partial charge on any atom is -0.323 e. The number of rotatable bonds is 4. The van der Waals surface area contributed by atoms with Crippen LogP contribution in [0, 0.1) is 6.92 Å². The van der Waals surface area contributed by atoms with Gasteiger partial charge >= 0.3 is 0 Å². The van der Waals surface area contributed by atoms with E-state index in [1.165, 1.54) is 11.1 Å². The molecule has 0 spiro atoms. The Morgan fingerprint density at radius 3 is 2.62 bits per heavy atom. The first-order valence-corrected chi connectivity index (χ1v) is 7.76. The summed E-state index contributed by atoms with van der Waals surface area (Å²) in [4.78, 5) is 4.80. The van der Waals surface area contributed by atoms with E-state index in [1.54, 1.807) is 0 Å². The van der Waals surface area contributed by atoms with Crippen LogP contribution in [0.5, 0.6) is 0 Å². The van der Waals surface area contributed by atoms with E-state index in [9.17, 15) is 0 Å². The van der Waals surface area contributed by atoms with Gasteiger partial charge in [-0.05, 0) is 30.2 Å². The van der Waals surface area contributed by atoms with Crippen LogP contribution in [0.2, 0.25) is 0 Å². The molecule has 3 aromatic rings. The molecule has 0 atom stereocenters. The second-order valence-corrected chi connectivity index (χ2v) is 6.34. The maximum Gasteiger partial charge on any atom is 0.114 e. The summed E-state index contributed by atoms with van der Waals surface area (Å²) in [6.45, 7) is 6.85. The molecule has 106 valence electrons. The molecule has 1 aromatic heterocycles. The molecule has 0 saturated heterocycles. The summed E-state index contributed by atoms with van der Waals surface area (Å²) < 4.78 is 3.19. The molecule has 0 aliphatic heterocycles. The maximum absolute atomic E-state index is 4.80. The third kappa shape index (κ3) is 2.93. The fourth-order valence-electron chi connectivity index (χ4n) is 2.59. The summed E-state index contributed by atoms with van der Waals surface area (Å²) in [5.41, 5.74) is 4.81. The van der Waals surface area contributed by atoms with Crippen molar-refractivity contribution in [2.24, 2.45) is 0 Å². The van der Waals surface area contributed by atoms with Gasteiger partial charge in [-0.1, -0.05) is 58.9 Å². The lowest BCUT2D eigenvalue weighted by Gasteiger charge is -2.10. The number of aryl methyl sites for hydroxylation is 1. The fraction of sp³-hybridized carbons (Fsp3) is 0.167. The number of nitrogens with zero attached hydrogens (tertiary/aromatic N) is 2. The van der Waals surface area contributed by atoms with Crippen LogP contribution < -0.4 is 0 Å². The number of halogens is 1. The van der Waals surface area contributed by atoms with Crippen molar-refractivity contribution in [1.82, 2.24) is 9.55 Å². The Morgan fingerprint density at radius 1 is 1.14 bits per heavy atom. The molecule has 2 nitrogen and oxygen atoms in total. The van der Waals surface area contributed by atoms with Crippen LogP contribution in [-0.2, 0) is 13.0 Å². The number of fused-ring (bicyclic) bond motifs is 1. The number of imidazole rings is 1. The molecule has 1 heterocycles. The van der Waals surface area contributed by atoms with E-state index in [0.29, 0.717) is 0 Å². The zero-order valence-electron chi connectivity index (χ0n) is 12.0. The van der Waals surface area contributed by atoms with E-state index in [1.807, 2.05) is 6.07 Å². The van der Waals surface area contributed by atoms with Crippen LogP contribution in [0.1, 0.15) is 17.0 Å². The van der Waals surface area contributed by atoms with Crippen molar-refractivity contribution in [3.63, 3.8) is 0 Å². The summed E-state index contributed by atoms with van der Waals surface area (Å²) in [6, 6.07) is 16.7. The first kappa shape index (κ1) is 14.1. The third-order valence-corrected chi connectivity index (χ3v) is 3.92. The zero-order chi connectivity index (χ0) is 14.8. The van der Waals surface area contributed by atoms with Crippen molar-refractivity contribution < 1.29 is 0 Å². The molecule has 0 saturated carbocycles. The molecule has 0 radical (unpaired) electrons. The fourth-order valence-corrected chi connectivity index (χ4v) is 2.84. The van der Waals surface area contributed by atoms with Gasteiger partial charge < -0.3 is 4.57 Å². The highest BCUT2D eigenvalue weighted by molar-refractivity contribution is 9.11. The molecular formula is C18H17BrN2. The Bertz CT molecular complexity index is 802. The second-order valence-electron chi connectivity index (χ2n) is 5.22. The molecule has 0 aliphatic rings. The smallest absolute Gasteiger partial charge is 0.114 e. The van der Waals surface area contributed by atoms with Gasteiger partial charge in [0, 0.05) is 10.9 Å². The van der Waals surface area contributed by atoms with Gasteiger partial charge in [0.05, 0.1) is 17.6 Å². The van der Waals surface area contributed by atoms with Crippen LogP contribution in [0.4, 0.5) is 0 Å². The molecule has 21 heavy (non-hydrogen) atoms. The quantitative estimate of drug-likeness (QED) is 0.664. The van der Waals surface area contributed by atoms with Crippen LogP contribution >= 0.6 is 15.9 Å². The van der Waals surface area contributed by atoms with Gasteiger partial charge in [0.1, 0.15) is 5.82 Å². The van der Waals surface area contributed by atoms with Crippen molar-refractivity contribution in [1.29, 1.82) is 0 Å². The second kappa shape index (κ2) is 5.86. The standard InChI is InChI=1S/C18H17BrN2/c1-13-7-3-4-8-15(13)11-18-20-16-9-5-6-10-17(16)21(18)12-14(2)19/h3-10H,2,11-12H2,1H3. The van der Waals surface area contributed by atoms with Crippen molar-refractivity contribution in [2.75, 3.05) is 0 Å². The Morgan fingerprint density at radius 2 is 1.86 bits per heavy atom. The topological polar surface area (TPSA) is 17.8 Å². The number of hydrogen-bond donors (Lipinski definition) is 0. The number of allylic oxidation sites excluding steroid dienone is 1. The Kier molecular flexibility index (Phi) is 3.93. The number of hydrogen-bond acceptors (Lipinski definition) is 1. The highest BCUT2D eigenvalue weighted by Gasteiger charge is 2.12. The summed E-state index contributed by atoms with van der Waals surface area (Å²) >= 11 is 3.47. The third-order valence-electron chi connectivity index (χ3n) is 3.67. The van der Waals surface area contributed by atoms with E-state index in [-0.39, 0.29) is 0 Å². The van der Waals surface area contributed by atoms with Gasteiger partial charge in [-0.3, -0.25) is 0 Å². The number of para-hydroxylation sites is 2. The molecule has 2 aromatic carbocycles. The summed E-state index contributed by atoms with van der Waals surface area (Å²) in [5, 5.41) is 0. The van der Waals surface area contributed by atoms with Crippen molar-refractivity contribution in [3.8, 4) is 0 Å². The lowest BCUT2D eigenvalue weighted by Crippen LogP contribution is -2.05. The van der Waals surface area contributed by atoms with E-state index in [4.69, 9.17) is 4.98 Å². The molecule has 0 bridgehead atoms. The molecule has 0 fully saturated rings. The lowest BCUT2D eigenvalue weighted by atomic mass is 10.1. The first-order valence-electron chi connectivity index (χ1n) is 6.97. The Hall–Kier alpha value is -1.87. The van der Waals surface area contributed by atoms with Crippen LogP contribution in [0.3, 0.4) is 0 Å². The van der Waals surface area contributed by atoms with Gasteiger partial charge in [0.25, 0.3) is 0 Å². The van der Waals surface area contributed by atoms with Gasteiger partial charge in [0.15, 0.2) is 0 Å². The van der Waals surface area contributed by atoms with E-state index in [2.05, 4.69) is 76.5 Å². The highest BCUT2D eigenvalue weighted by atomic mass is 79.9. The number of aromatic nitrogens is 2. The molecule has 0 N–H and O–H groups in total. The molecule has 0 amide bonds. The molecule has 3 heteroatoms. The SMILES string of the molecule is C=C(Br)Cn1c(Cc2ccccc2C)nc2ccccc21. The Labute approximate surface area is 133 Å². The predicted molar refractivity (Wildman–Crippen MR) is 91.8 cm³/mol. The van der Waals surface area contributed by atoms with E-state index in [0.717, 1.165) is 34.3 Å². The molecule has 0 unspecified atom stereocenters. The van der Waals surface area contributed by atoms with Crippen LogP contribution in [0.25, 0.3) is 11.0 Å². The van der Waals surface area contributed by atoms with Gasteiger partial charge in [0.2, 0.25) is 0 Å². The lowest BCUT2D eigenvalue weighted by molar-refractivity contribution is 0.774. The monoisotopic (exact) mass is 340 g/mol. The highest BCUT2D eigenvalue weighted by Crippen LogP contribution is 2.22. The van der Waals surface area contributed by atoms with Crippen molar-refractivity contribution in [3.05, 3.63) is 76.5 Å². The summed E-state index contributed by atoms with van der Waals surface area (Å²) in [7, 11) is 0. The van der Waals surface area contributed by atoms with Crippen LogP contribution in [0.15, 0.2) is 59.6 Å². The van der Waals surface area contributed by atoms with Crippen LogP contribution in [-0.4, -0.2) is 9.55 Å². The van der Waals surface area contributed by atoms with Crippen molar-refractivity contribution >= 4 is 27.0 Å². The minimum atomic E-state index is 0.738. The number of benzene rings is 2. The average molecular weight is 341 g/mol. The molecule has 0 aliphatic carbocycles. The average Bonchev–Trinajstić information content (AvgIpc) is 2.79. The zero-order valence-corrected chi connectivity index (χ0v) is 13.6. The Balaban J connectivity index is 2.09. The predicted octanol–water partition coefficient (Wildman–Crippen LogP) is 4.84. The van der Waals surface area contributed by atoms with Crippen molar-refractivity contribution in [2.45, 2.75) is 19.9 Å². The molecule has 3 rings (SSSR count). The van der Waals surface area contributed by atoms with Gasteiger partial charge in [-0.2, -0.15) is 0 Å².